The molecule has 0 saturated carbocycles. The normalized spacial score (nSPS) is 23.9. The third kappa shape index (κ3) is 3.93. The molecule has 1 aromatic rings. The van der Waals surface area contributed by atoms with Crippen LogP contribution in [-0.2, 0) is 4.79 Å². The van der Waals surface area contributed by atoms with E-state index in [0.717, 1.165) is 31.5 Å². The molecule has 128 valence electrons. The van der Waals surface area contributed by atoms with Gasteiger partial charge in [-0.15, -0.1) is 0 Å². The van der Waals surface area contributed by atoms with Gasteiger partial charge in [-0.2, -0.15) is 0 Å². The Morgan fingerprint density at radius 1 is 1.26 bits per heavy atom. The Morgan fingerprint density at radius 2 is 1.96 bits per heavy atom. The maximum Gasteiger partial charge on any atom is 0.224 e. The van der Waals surface area contributed by atoms with Gasteiger partial charge in [0.25, 0.3) is 0 Å². The maximum absolute atomic E-state index is 12.1. The number of hydrogen-bond acceptors (Lipinski definition) is 3. The fourth-order valence-corrected chi connectivity index (χ4v) is 4.23. The lowest BCUT2D eigenvalue weighted by molar-refractivity contribution is -0.117. The number of carbonyl (C=O) groups is 1. The molecule has 0 saturated heterocycles. The lowest BCUT2D eigenvalue weighted by Gasteiger charge is -2.46. The van der Waals surface area contributed by atoms with Crippen LogP contribution in [0.1, 0.15) is 51.6 Å². The lowest BCUT2D eigenvalue weighted by Crippen LogP contribution is -2.49. The number of nitrogens with zero attached hydrogens (tertiary/aromatic N) is 2. The van der Waals surface area contributed by atoms with Gasteiger partial charge < -0.3 is 10.0 Å². The molecule has 0 bridgehead atoms. The van der Waals surface area contributed by atoms with E-state index in [1.54, 1.807) is 6.92 Å². The summed E-state index contributed by atoms with van der Waals surface area (Å²) in [4.78, 5) is 14.1. The highest BCUT2D eigenvalue weighted by atomic mass is 31.0. The molecule has 1 aliphatic heterocycles. The molecule has 4 atom stereocenters. The number of amides is 1. The Balaban J connectivity index is 2.25. The van der Waals surface area contributed by atoms with E-state index in [2.05, 4.69) is 46.1 Å². The maximum atomic E-state index is 12.1. The Labute approximate surface area is 142 Å². The van der Waals surface area contributed by atoms with Gasteiger partial charge in [0, 0.05) is 37.8 Å². The number of aliphatic hydroxyl groups is 1. The van der Waals surface area contributed by atoms with Crippen molar-refractivity contribution in [1.82, 2.24) is 4.67 Å². The summed E-state index contributed by atoms with van der Waals surface area (Å²) in [6.45, 7) is 7.25. The molecular formula is C18H29N2O2P. The van der Waals surface area contributed by atoms with E-state index in [1.807, 2.05) is 11.0 Å². The molecule has 1 aromatic carbocycles. The Kier molecular flexibility index (Phi) is 6.58. The van der Waals surface area contributed by atoms with Gasteiger partial charge in [-0.3, -0.25) is 9.46 Å². The molecule has 0 aromatic heterocycles. The zero-order valence-electron chi connectivity index (χ0n) is 14.4. The van der Waals surface area contributed by atoms with Gasteiger partial charge in [-0.25, -0.2) is 0 Å². The smallest absolute Gasteiger partial charge is 0.224 e. The SMILES string of the molecule is CC(=O)N1c2ccccc2C(N(P)CCCCCO)C(C)C1C. The summed E-state index contributed by atoms with van der Waals surface area (Å²) < 4.78 is 2.33. The summed E-state index contributed by atoms with van der Waals surface area (Å²) in [6.07, 6.45) is 2.98. The molecule has 4 nitrogen and oxygen atoms in total. The summed E-state index contributed by atoms with van der Waals surface area (Å²) >= 11 is 0. The zero-order chi connectivity index (χ0) is 17.0. The first-order valence-corrected chi connectivity index (χ1v) is 9.01. The Morgan fingerprint density at radius 3 is 2.61 bits per heavy atom. The van der Waals surface area contributed by atoms with Crippen LogP contribution in [-0.4, -0.2) is 34.9 Å². The Bertz CT molecular complexity index is 538. The fraction of sp³-hybridized carbons (Fsp3) is 0.611. The topological polar surface area (TPSA) is 43.8 Å². The van der Waals surface area contributed by atoms with Crippen molar-refractivity contribution in [3.8, 4) is 0 Å². The van der Waals surface area contributed by atoms with E-state index < -0.39 is 0 Å². The number of para-hydroxylation sites is 1. The standard InChI is InChI=1S/C18H29N2O2P/c1-13-14(2)20(15(3)22)17-10-6-5-9-16(17)18(13)19(23)11-7-4-8-12-21/h5-6,9-10,13-14,18,21H,4,7-8,11-12,23H2,1-3H3. The summed E-state index contributed by atoms with van der Waals surface area (Å²) in [5, 5.41) is 8.91. The van der Waals surface area contributed by atoms with Crippen LogP contribution in [0.25, 0.3) is 0 Å². The van der Waals surface area contributed by atoms with Gasteiger partial charge in [0.15, 0.2) is 0 Å². The molecule has 0 fully saturated rings. The number of anilines is 1. The largest absolute Gasteiger partial charge is 0.396 e. The highest BCUT2D eigenvalue weighted by molar-refractivity contribution is 7.13. The molecule has 5 heteroatoms. The minimum absolute atomic E-state index is 0.105. The molecule has 2 rings (SSSR count). The first kappa shape index (κ1) is 18.4. The third-order valence-corrected chi connectivity index (χ3v) is 5.53. The van der Waals surface area contributed by atoms with Crippen molar-refractivity contribution in [1.29, 1.82) is 0 Å². The van der Waals surface area contributed by atoms with Crippen LogP contribution in [0.4, 0.5) is 5.69 Å². The van der Waals surface area contributed by atoms with E-state index in [1.165, 1.54) is 5.56 Å². The number of fused-ring (bicyclic) bond motifs is 1. The number of rotatable bonds is 6. The molecule has 0 radical (unpaired) electrons. The molecule has 1 aliphatic rings. The van der Waals surface area contributed by atoms with Crippen LogP contribution < -0.4 is 4.90 Å². The summed E-state index contributed by atoms with van der Waals surface area (Å²) in [5.74, 6) is 0.456. The van der Waals surface area contributed by atoms with Crippen LogP contribution in [0.5, 0.6) is 0 Å². The van der Waals surface area contributed by atoms with Crippen molar-refractivity contribution in [3.63, 3.8) is 0 Å². The highest BCUT2D eigenvalue weighted by Gasteiger charge is 2.39. The second kappa shape index (κ2) is 8.23. The van der Waals surface area contributed by atoms with Gasteiger partial charge in [0.05, 0.1) is 0 Å². The van der Waals surface area contributed by atoms with Crippen molar-refractivity contribution in [3.05, 3.63) is 29.8 Å². The zero-order valence-corrected chi connectivity index (χ0v) is 15.6. The van der Waals surface area contributed by atoms with E-state index in [-0.39, 0.29) is 24.6 Å². The van der Waals surface area contributed by atoms with Gasteiger partial charge >= 0.3 is 0 Å². The summed E-state index contributed by atoms with van der Waals surface area (Å²) in [5.41, 5.74) is 2.27. The van der Waals surface area contributed by atoms with Gasteiger partial charge in [-0.1, -0.05) is 34.5 Å². The van der Waals surface area contributed by atoms with Crippen LogP contribution in [0.15, 0.2) is 24.3 Å². The lowest BCUT2D eigenvalue weighted by atomic mass is 9.82. The molecule has 1 N–H and O–H groups in total. The molecule has 23 heavy (non-hydrogen) atoms. The van der Waals surface area contributed by atoms with E-state index in [4.69, 9.17) is 5.11 Å². The van der Waals surface area contributed by atoms with E-state index >= 15 is 0 Å². The second-order valence-corrected chi connectivity index (χ2v) is 7.18. The molecule has 1 heterocycles. The number of unbranched alkanes of at least 4 members (excludes halogenated alkanes) is 2. The van der Waals surface area contributed by atoms with Crippen molar-refractivity contribution >= 4 is 21.0 Å². The number of aliphatic hydroxyl groups excluding tert-OH is 1. The minimum atomic E-state index is 0.105. The van der Waals surface area contributed by atoms with Gasteiger partial charge in [0.1, 0.15) is 0 Å². The van der Waals surface area contributed by atoms with Crippen molar-refractivity contribution < 1.29 is 9.90 Å². The highest BCUT2D eigenvalue weighted by Crippen LogP contribution is 2.44. The van der Waals surface area contributed by atoms with Crippen LogP contribution in [0.3, 0.4) is 0 Å². The second-order valence-electron chi connectivity index (χ2n) is 6.51. The average Bonchev–Trinajstić information content (AvgIpc) is 2.52. The minimum Gasteiger partial charge on any atom is -0.396 e. The molecule has 1 amide bonds. The predicted octanol–water partition coefficient (Wildman–Crippen LogP) is 3.37. The number of benzene rings is 1. The monoisotopic (exact) mass is 336 g/mol. The molecule has 4 unspecified atom stereocenters. The fourth-order valence-electron chi connectivity index (χ4n) is 3.62. The molecular weight excluding hydrogens is 307 g/mol. The van der Waals surface area contributed by atoms with Crippen molar-refractivity contribution in [2.45, 2.75) is 52.1 Å². The number of hydrogen-bond donors (Lipinski definition) is 1. The summed E-state index contributed by atoms with van der Waals surface area (Å²) in [6, 6.07) is 8.71. The van der Waals surface area contributed by atoms with Crippen molar-refractivity contribution in [2.75, 3.05) is 18.1 Å². The van der Waals surface area contributed by atoms with Crippen LogP contribution in [0, 0.1) is 5.92 Å². The molecule has 0 spiro atoms. The van der Waals surface area contributed by atoms with Gasteiger partial charge in [0.2, 0.25) is 5.91 Å². The van der Waals surface area contributed by atoms with Crippen LogP contribution in [0.2, 0.25) is 0 Å². The first-order valence-electron chi connectivity index (χ1n) is 8.50. The quantitative estimate of drug-likeness (QED) is 0.640. The first-order chi connectivity index (χ1) is 11.0. The van der Waals surface area contributed by atoms with Crippen molar-refractivity contribution in [2.24, 2.45) is 5.92 Å². The average molecular weight is 336 g/mol. The third-order valence-electron chi connectivity index (χ3n) is 4.95. The van der Waals surface area contributed by atoms with Gasteiger partial charge in [-0.05, 0) is 43.7 Å². The number of carbonyl (C=O) groups excluding carboxylic acids is 1. The Hall–Kier alpha value is -0.960. The van der Waals surface area contributed by atoms with Crippen LogP contribution >= 0.6 is 9.39 Å². The van der Waals surface area contributed by atoms with E-state index in [9.17, 15) is 4.79 Å². The molecule has 0 aliphatic carbocycles. The summed E-state index contributed by atoms with van der Waals surface area (Å²) in [7, 11) is 2.88. The van der Waals surface area contributed by atoms with E-state index in [0.29, 0.717) is 5.92 Å². The predicted molar refractivity (Wildman–Crippen MR) is 98.3 cm³/mol.